The van der Waals surface area contributed by atoms with Crippen molar-refractivity contribution in [2.75, 3.05) is 0 Å². The molecular weight excluding hydrogens is 290 g/mol. The fraction of sp³-hybridized carbons (Fsp3) is 0.357. The molecule has 2 atom stereocenters. The molecule has 0 spiro atoms. The highest BCUT2D eigenvalue weighted by Crippen LogP contribution is 2.38. The first kappa shape index (κ1) is 14.2. The number of nitro benzene ring substituents is 1. The van der Waals surface area contributed by atoms with Crippen molar-refractivity contribution in [2.45, 2.75) is 20.0 Å². The second kappa shape index (κ2) is 5.55. The van der Waals surface area contributed by atoms with Crippen LogP contribution in [0.25, 0.3) is 11.4 Å². The van der Waals surface area contributed by atoms with Crippen molar-refractivity contribution >= 4 is 11.7 Å². The summed E-state index contributed by atoms with van der Waals surface area (Å²) in [5, 5.41) is 14.5. The van der Waals surface area contributed by atoms with Crippen molar-refractivity contribution in [2.24, 2.45) is 11.8 Å². The van der Waals surface area contributed by atoms with Gasteiger partial charge in [0, 0.05) is 17.7 Å². The summed E-state index contributed by atoms with van der Waals surface area (Å²) in [4.78, 5) is 25.9. The van der Waals surface area contributed by atoms with Crippen LogP contribution in [0.3, 0.4) is 0 Å². The van der Waals surface area contributed by atoms with Crippen LogP contribution in [0.4, 0.5) is 5.69 Å². The van der Waals surface area contributed by atoms with E-state index in [2.05, 4.69) is 10.1 Å². The summed E-state index contributed by atoms with van der Waals surface area (Å²) in [6.45, 7) is 1.89. The summed E-state index contributed by atoms with van der Waals surface area (Å²) >= 11 is 0. The van der Waals surface area contributed by atoms with E-state index in [1.807, 2.05) is 6.92 Å². The smallest absolute Gasteiger partial charge is 0.309 e. The van der Waals surface area contributed by atoms with Gasteiger partial charge in [-0.1, -0.05) is 24.2 Å². The van der Waals surface area contributed by atoms with E-state index >= 15 is 0 Å². The molecule has 0 bridgehead atoms. The topological polar surface area (TPSA) is 108 Å². The number of rotatable bonds is 5. The first-order valence-corrected chi connectivity index (χ1v) is 6.78. The molecule has 1 saturated carbocycles. The van der Waals surface area contributed by atoms with Crippen molar-refractivity contribution < 1.29 is 19.0 Å². The number of aromatic nitrogens is 2. The number of hydrogen-bond acceptors (Lipinski definition) is 7. The second-order valence-corrected chi connectivity index (χ2v) is 5.25. The molecule has 0 unspecified atom stereocenters. The minimum atomic E-state index is -0.497. The number of non-ortho nitro benzene ring substituents is 1. The lowest BCUT2D eigenvalue weighted by Crippen LogP contribution is -2.07. The van der Waals surface area contributed by atoms with Gasteiger partial charge in [0.05, 0.1) is 10.8 Å². The van der Waals surface area contributed by atoms with Gasteiger partial charge in [0.15, 0.2) is 6.61 Å². The normalized spacial score (nSPS) is 19.7. The lowest BCUT2D eigenvalue weighted by Gasteiger charge is -1.99. The molecule has 0 aliphatic heterocycles. The van der Waals surface area contributed by atoms with Crippen molar-refractivity contribution in [3.63, 3.8) is 0 Å². The highest BCUT2D eigenvalue weighted by Gasteiger charge is 2.40. The molecule has 0 radical (unpaired) electrons. The lowest BCUT2D eigenvalue weighted by atomic mass is 10.2. The van der Waals surface area contributed by atoms with E-state index in [1.165, 1.54) is 18.2 Å². The molecule has 1 aliphatic rings. The number of hydrogen-bond donors (Lipinski definition) is 0. The minimum absolute atomic E-state index is 0.0286. The lowest BCUT2D eigenvalue weighted by molar-refractivity contribution is -0.384. The van der Waals surface area contributed by atoms with Gasteiger partial charge in [-0.25, -0.2) is 0 Å². The first-order chi connectivity index (χ1) is 10.5. The predicted molar refractivity (Wildman–Crippen MR) is 73.5 cm³/mol. The Morgan fingerprint density at radius 2 is 2.32 bits per heavy atom. The molecule has 8 nitrogen and oxygen atoms in total. The molecule has 22 heavy (non-hydrogen) atoms. The van der Waals surface area contributed by atoms with Gasteiger partial charge in [0.25, 0.3) is 11.6 Å². The fourth-order valence-electron chi connectivity index (χ4n) is 2.08. The largest absolute Gasteiger partial charge is 0.455 e. The standard InChI is InChI=1S/C14H13N3O5/c1-8-5-11(8)14(18)21-7-12-15-13(16-22-12)9-3-2-4-10(6-9)17(19)20/h2-4,6,8,11H,5,7H2,1H3/t8-,11+/m0/s1. The SMILES string of the molecule is C[C@H]1C[C@H]1C(=O)OCc1nc(-c2cccc([N+](=O)[O-])c2)no1. The van der Waals surface area contributed by atoms with Gasteiger partial charge in [-0.05, 0) is 12.3 Å². The van der Waals surface area contributed by atoms with Gasteiger partial charge in [-0.3, -0.25) is 14.9 Å². The van der Waals surface area contributed by atoms with Crippen LogP contribution in [0.15, 0.2) is 28.8 Å². The quantitative estimate of drug-likeness (QED) is 0.473. The maximum atomic E-state index is 11.6. The molecule has 3 rings (SSSR count). The van der Waals surface area contributed by atoms with E-state index in [4.69, 9.17) is 9.26 Å². The molecule has 1 aromatic carbocycles. The third-order valence-electron chi connectivity index (χ3n) is 3.53. The highest BCUT2D eigenvalue weighted by atomic mass is 16.6. The molecular formula is C14H13N3O5. The number of carbonyl (C=O) groups excluding carboxylic acids is 1. The molecule has 1 aromatic heterocycles. The third-order valence-corrected chi connectivity index (χ3v) is 3.53. The maximum absolute atomic E-state index is 11.6. The van der Waals surface area contributed by atoms with E-state index < -0.39 is 4.92 Å². The van der Waals surface area contributed by atoms with Crippen LogP contribution in [0.2, 0.25) is 0 Å². The molecule has 8 heteroatoms. The number of esters is 1. The van der Waals surface area contributed by atoms with Crippen molar-refractivity contribution in [1.29, 1.82) is 0 Å². The zero-order valence-corrected chi connectivity index (χ0v) is 11.8. The fourth-order valence-corrected chi connectivity index (χ4v) is 2.08. The van der Waals surface area contributed by atoms with Crippen LogP contribution in [0, 0.1) is 22.0 Å². The number of ether oxygens (including phenoxy) is 1. The first-order valence-electron chi connectivity index (χ1n) is 6.78. The molecule has 0 N–H and O–H groups in total. The Morgan fingerprint density at radius 3 is 3.00 bits per heavy atom. The van der Waals surface area contributed by atoms with Crippen LogP contribution >= 0.6 is 0 Å². The number of benzene rings is 1. The summed E-state index contributed by atoms with van der Waals surface area (Å²) in [6, 6.07) is 5.91. The van der Waals surface area contributed by atoms with Crippen LogP contribution in [0.5, 0.6) is 0 Å². The number of nitrogens with zero attached hydrogens (tertiary/aromatic N) is 3. The summed E-state index contributed by atoms with van der Waals surface area (Å²) in [6.07, 6.45) is 0.849. The summed E-state index contributed by atoms with van der Waals surface area (Å²) in [7, 11) is 0. The van der Waals surface area contributed by atoms with Crippen LogP contribution in [-0.4, -0.2) is 21.0 Å². The third kappa shape index (κ3) is 2.95. The molecule has 1 aliphatic carbocycles. The van der Waals surface area contributed by atoms with Gasteiger partial charge in [0.2, 0.25) is 5.82 Å². The average molecular weight is 303 g/mol. The molecule has 2 aromatic rings. The van der Waals surface area contributed by atoms with Crippen LogP contribution in [0.1, 0.15) is 19.2 Å². The van der Waals surface area contributed by atoms with Crippen LogP contribution < -0.4 is 0 Å². The van der Waals surface area contributed by atoms with Gasteiger partial charge >= 0.3 is 5.97 Å². The Kier molecular flexibility index (Phi) is 3.58. The summed E-state index contributed by atoms with van der Waals surface area (Å²) in [5.74, 6) is 0.454. The maximum Gasteiger partial charge on any atom is 0.309 e. The van der Waals surface area contributed by atoms with Crippen molar-refractivity contribution in [3.05, 3.63) is 40.3 Å². The number of nitro groups is 1. The van der Waals surface area contributed by atoms with Gasteiger partial charge < -0.3 is 9.26 Å². The Labute approximate surface area is 125 Å². The van der Waals surface area contributed by atoms with Crippen LogP contribution in [-0.2, 0) is 16.1 Å². The Balaban J connectivity index is 1.67. The van der Waals surface area contributed by atoms with E-state index in [-0.39, 0.29) is 35.9 Å². The van der Waals surface area contributed by atoms with Gasteiger partial charge in [0.1, 0.15) is 0 Å². The molecule has 114 valence electrons. The van der Waals surface area contributed by atoms with Gasteiger partial charge in [-0.15, -0.1) is 0 Å². The average Bonchev–Trinajstić information content (AvgIpc) is 3.06. The summed E-state index contributed by atoms with van der Waals surface area (Å²) < 4.78 is 10.1. The monoisotopic (exact) mass is 303 g/mol. The zero-order chi connectivity index (χ0) is 15.7. The van der Waals surface area contributed by atoms with Crippen molar-refractivity contribution in [3.8, 4) is 11.4 Å². The van der Waals surface area contributed by atoms with E-state index in [9.17, 15) is 14.9 Å². The van der Waals surface area contributed by atoms with E-state index in [0.29, 0.717) is 11.5 Å². The van der Waals surface area contributed by atoms with E-state index in [0.717, 1.165) is 6.42 Å². The number of carbonyl (C=O) groups is 1. The molecule has 0 amide bonds. The predicted octanol–water partition coefficient (Wildman–Crippen LogP) is 2.34. The molecule has 1 heterocycles. The Hall–Kier alpha value is -2.77. The molecule has 0 saturated heterocycles. The Bertz CT molecular complexity index is 727. The molecule has 1 fully saturated rings. The Morgan fingerprint density at radius 1 is 1.55 bits per heavy atom. The van der Waals surface area contributed by atoms with Crippen molar-refractivity contribution in [1.82, 2.24) is 10.1 Å². The van der Waals surface area contributed by atoms with Gasteiger partial charge in [-0.2, -0.15) is 4.98 Å². The minimum Gasteiger partial charge on any atom is -0.455 e. The summed E-state index contributed by atoms with van der Waals surface area (Å²) in [5.41, 5.74) is 0.407. The highest BCUT2D eigenvalue weighted by molar-refractivity contribution is 5.75. The zero-order valence-electron chi connectivity index (χ0n) is 11.8. The van der Waals surface area contributed by atoms with E-state index in [1.54, 1.807) is 6.07 Å². The second-order valence-electron chi connectivity index (χ2n) is 5.25.